The van der Waals surface area contributed by atoms with Crippen molar-refractivity contribution in [1.82, 2.24) is 25.1 Å². The molecule has 10 heteroatoms. The molecule has 0 aliphatic rings. The smallest absolute Gasteiger partial charge is 0.408 e. The van der Waals surface area contributed by atoms with E-state index in [1.165, 1.54) is 23.1 Å². The van der Waals surface area contributed by atoms with Gasteiger partial charge in [-0.15, -0.1) is 15.3 Å². The molecule has 1 N–H and O–H groups in total. The molecule has 1 unspecified atom stereocenters. The molecular formula is C15H22N6O2S2. The fraction of sp³-hybridized carbons (Fsp3) is 0.667. The number of thioether (sulfide) groups is 1. The Kier molecular flexibility index (Phi) is 6.24. The van der Waals surface area contributed by atoms with Gasteiger partial charge < -0.3 is 10.1 Å². The van der Waals surface area contributed by atoms with Crippen molar-refractivity contribution in [1.29, 1.82) is 5.26 Å². The highest BCUT2D eigenvalue weighted by atomic mass is 32.2. The summed E-state index contributed by atoms with van der Waals surface area (Å²) < 4.78 is 7.73. The molecule has 2 heterocycles. The van der Waals surface area contributed by atoms with E-state index in [2.05, 4.69) is 40.5 Å². The molecule has 1 amide bonds. The van der Waals surface area contributed by atoms with E-state index in [1.807, 2.05) is 20.8 Å². The van der Waals surface area contributed by atoms with Crippen molar-refractivity contribution >= 4 is 34.2 Å². The average Bonchev–Trinajstić information content (AvgIpc) is 3.01. The molecule has 0 fully saturated rings. The fourth-order valence-corrected chi connectivity index (χ4v) is 3.68. The number of carbonyl (C=O) groups excluding carboxylic acids is 1. The van der Waals surface area contributed by atoms with Crippen LogP contribution in [0.25, 0.3) is 4.96 Å². The maximum Gasteiger partial charge on any atom is 0.408 e. The lowest BCUT2D eigenvalue weighted by Gasteiger charge is -2.23. The van der Waals surface area contributed by atoms with E-state index >= 15 is 0 Å². The summed E-state index contributed by atoms with van der Waals surface area (Å²) in [5, 5.41) is 24.4. The van der Waals surface area contributed by atoms with Crippen LogP contribution in [0.4, 0.5) is 4.79 Å². The minimum Gasteiger partial charge on any atom is -0.444 e. The summed E-state index contributed by atoms with van der Waals surface area (Å²) in [5.41, 5.74) is -0.575. The maximum atomic E-state index is 12.2. The molecule has 0 bridgehead atoms. The van der Waals surface area contributed by atoms with Crippen LogP contribution < -0.4 is 5.32 Å². The van der Waals surface area contributed by atoms with Gasteiger partial charge in [0.1, 0.15) is 5.60 Å². The first-order chi connectivity index (χ1) is 11.7. The van der Waals surface area contributed by atoms with Gasteiger partial charge in [0.2, 0.25) is 4.96 Å². The van der Waals surface area contributed by atoms with E-state index in [4.69, 9.17) is 10.00 Å². The standard InChI is InChI=1S/C15H22N6O2S2/c1-9(2)8-10(17-13(22)23-15(3,4)5)11-18-19-12-21(11)20-14(25-12)24-7-6-16/h9-10H,7-8H2,1-5H3,(H,17,22). The first kappa shape index (κ1) is 19.5. The third-order valence-electron chi connectivity index (χ3n) is 2.97. The molecule has 1 atom stereocenters. The van der Waals surface area contributed by atoms with E-state index in [1.54, 1.807) is 4.52 Å². The van der Waals surface area contributed by atoms with Crippen LogP contribution in [-0.4, -0.2) is 37.3 Å². The largest absolute Gasteiger partial charge is 0.444 e. The molecule has 2 aromatic rings. The van der Waals surface area contributed by atoms with Crippen LogP contribution in [0.3, 0.4) is 0 Å². The lowest BCUT2D eigenvalue weighted by Crippen LogP contribution is -2.36. The third kappa shape index (κ3) is 5.57. The van der Waals surface area contributed by atoms with Gasteiger partial charge in [-0.25, -0.2) is 4.79 Å². The van der Waals surface area contributed by atoms with Crippen molar-refractivity contribution < 1.29 is 9.53 Å². The summed E-state index contributed by atoms with van der Waals surface area (Å²) in [4.78, 5) is 12.8. The van der Waals surface area contributed by atoms with E-state index < -0.39 is 11.7 Å². The van der Waals surface area contributed by atoms with Crippen LogP contribution in [0.1, 0.15) is 52.9 Å². The van der Waals surface area contributed by atoms with Gasteiger partial charge in [0, 0.05) is 0 Å². The number of hydrogen-bond donors (Lipinski definition) is 1. The molecule has 2 aromatic heterocycles. The summed E-state index contributed by atoms with van der Waals surface area (Å²) >= 11 is 2.72. The van der Waals surface area contributed by atoms with Crippen molar-refractivity contribution in [3.05, 3.63) is 5.82 Å². The van der Waals surface area contributed by atoms with Gasteiger partial charge in [0.25, 0.3) is 0 Å². The molecule has 8 nitrogen and oxygen atoms in total. The summed E-state index contributed by atoms with van der Waals surface area (Å²) in [6.07, 6.45) is 0.183. The lowest BCUT2D eigenvalue weighted by molar-refractivity contribution is 0.0494. The lowest BCUT2D eigenvalue weighted by atomic mass is 10.0. The topological polar surface area (TPSA) is 105 Å². The van der Waals surface area contributed by atoms with Crippen molar-refractivity contribution in [2.24, 2.45) is 5.92 Å². The Bertz CT molecular complexity index is 771. The van der Waals surface area contributed by atoms with E-state index in [0.29, 0.717) is 28.9 Å². The molecule has 0 aromatic carbocycles. The number of nitrogens with one attached hydrogen (secondary N) is 1. The summed E-state index contributed by atoms with van der Waals surface area (Å²) in [6, 6.07) is 1.71. The number of nitrogens with zero attached hydrogens (tertiary/aromatic N) is 5. The minimum absolute atomic E-state index is 0.324. The third-order valence-corrected chi connectivity index (χ3v) is 4.87. The number of amides is 1. The monoisotopic (exact) mass is 382 g/mol. The zero-order valence-electron chi connectivity index (χ0n) is 14.9. The number of hydrogen-bond acceptors (Lipinski definition) is 8. The summed E-state index contributed by atoms with van der Waals surface area (Å²) in [6.45, 7) is 9.59. The molecule has 2 rings (SSSR count). The van der Waals surface area contributed by atoms with Gasteiger partial charge in [-0.2, -0.15) is 9.78 Å². The second-order valence-electron chi connectivity index (χ2n) is 6.90. The van der Waals surface area contributed by atoms with Crippen LogP contribution >= 0.6 is 23.1 Å². The van der Waals surface area contributed by atoms with Gasteiger partial charge >= 0.3 is 6.09 Å². The zero-order chi connectivity index (χ0) is 18.6. The van der Waals surface area contributed by atoms with Crippen molar-refractivity contribution in [3.63, 3.8) is 0 Å². The van der Waals surface area contributed by atoms with Crippen molar-refractivity contribution in [2.45, 2.75) is 57.0 Å². The Balaban J connectivity index is 2.25. The Morgan fingerprint density at radius 2 is 2.16 bits per heavy atom. The summed E-state index contributed by atoms with van der Waals surface area (Å²) in [7, 11) is 0. The Hall–Kier alpha value is -1.86. The van der Waals surface area contributed by atoms with Crippen molar-refractivity contribution in [2.75, 3.05) is 5.75 Å². The van der Waals surface area contributed by atoms with E-state index in [-0.39, 0.29) is 6.04 Å². The second kappa shape index (κ2) is 8.01. The predicted octanol–water partition coefficient (Wildman–Crippen LogP) is 3.41. The van der Waals surface area contributed by atoms with Gasteiger partial charge in [-0.1, -0.05) is 36.9 Å². The van der Waals surface area contributed by atoms with Crippen LogP contribution in [0.15, 0.2) is 4.34 Å². The number of alkyl carbamates (subject to hydrolysis) is 1. The predicted molar refractivity (Wildman–Crippen MR) is 96.6 cm³/mol. The number of ether oxygens (including phenoxy) is 1. The zero-order valence-corrected chi connectivity index (χ0v) is 16.6. The first-order valence-corrected chi connectivity index (χ1v) is 9.71. The number of rotatable bonds is 6. The molecular weight excluding hydrogens is 360 g/mol. The molecule has 0 aliphatic carbocycles. The van der Waals surface area contributed by atoms with Gasteiger partial charge in [-0.05, 0) is 33.1 Å². The SMILES string of the molecule is CC(C)CC(NC(=O)OC(C)(C)C)c1nnc2sc(SCC#N)nn12. The van der Waals surface area contributed by atoms with Crippen LogP contribution in [0.2, 0.25) is 0 Å². The highest BCUT2D eigenvalue weighted by Gasteiger charge is 2.26. The number of nitriles is 1. The van der Waals surface area contributed by atoms with Crippen LogP contribution in [-0.2, 0) is 4.74 Å². The molecule has 0 saturated carbocycles. The Morgan fingerprint density at radius 3 is 2.76 bits per heavy atom. The minimum atomic E-state index is -0.575. The number of aromatic nitrogens is 4. The highest BCUT2D eigenvalue weighted by Crippen LogP contribution is 2.27. The van der Waals surface area contributed by atoms with Gasteiger partial charge in [0.05, 0.1) is 17.9 Å². The molecule has 0 aliphatic heterocycles. The first-order valence-electron chi connectivity index (χ1n) is 7.91. The van der Waals surface area contributed by atoms with Crippen LogP contribution in [0.5, 0.6) is 0 Å². The van der Waals surface area contributed by atoms with E-state index in [9.17, 15) is 4.79 Å². The maximum absolute atomic E-state index is 12.2. The normalized spacial score (nSPS) is 13.0. The average molecular weight is 383 g/mol. The quantitative estimate of drug-likeness (QED) is 0.763. The number of carbonyl (C=O) groups is 1. The van der Waals surface area contributed by atoms with Crippen molar-refractivity contribution in [3.8, 4) is 6.07 Å². The molecule has 0 radical (unpaired) electrons. The highest BCUT2D eigenvalue weighted by molar-refractivity contribution is 8.01. The van der Waals surface area contributed by atoms with Gasteiger partial charge in [-0.3, -0.25) is 0 Å². The van der Waals surface area contributed by atoms with Gasteiger partial charge in [0.15, 0.2) is 10.2 Å². The molecule has 136 valence electrons. The summed E-state index contributed by atoms with van der Waals surface area (Å²) in [5.74, 6) is 1.22. The number of fused-ring (bicyclic) bond motifs is 1. The molecule has 0 saturated heterocycles. The fourth-order valence-electron chi connectivity index (χ4n) is 2.13. The second-order valence-corrected chi connectivity index (χ2v) is 9.07. The Labute approximate surface area is 155 Å². The Morgan fingerprint density at radius 1 is 1.44 bits per heavy atom. The molecule has 25 heavy (non-hydrogen) atoms. The van der Waals surface area contributed by atoms with E-state index in [0.717, 1.165) is 4.34 Å². The van der Waals surface area contributed by atoms with Crippen LogP contribution in [0, 0.1) is 17.2 Å². The molecule has 0 spiro atoms.